The van der Waals surface area contributed by atoms with Crippen LogP contribution in [-0.2, 0) is 0 Å². The first-order chi connectivity index (χ1) is 13.0. The maximum absolute atomic E-state index is 11.8. The molecule has 0 spiro atoms. The van der Waals surface area contributed by atoms with Gasteiger partial charge in [0.1, 0.15) is 5.69 Å². The Labute approximate surface area is 157 Å². The van der Waals surface area contributed by atoms with E-state index in [2.05, 4.69) is 10.3 Å². The molecule has 0 aliphatic heterocycles. The second-order valence-corrected chi connectivity index (χ2v) is 7.31. The molecule has 4 rings (SSSR count). The Bertz CT molecular complexity index is 978. The molecule has 0 bridgehead atoms. The number of rotatable bonds is 4. The molecule has 3 aromatic rings. The molecule has 2 unspecified atom stereocenters. The predicted octanol–water partition coefficient (Wildman–Crippen LogP) is 2.49. The topological polar surface area (TPSA) is 111 Å². The smallest absolute Gasteiger partial charge is 0.267 e. The first kappa shape index (κ1) is 17.5. The van der Waals surface area contributed by atoms with Crippen molar-refractivity contribution in [3.8, 4) is 11.3 Å². The predicted molar refractivity (Wildman–Crippen MR) is 106 cm³/mol. The number of nitrogens with two attached hydrogens (primary N) is 2. The summed E-state index contributed by atoms with van der Waals surface area (Å²) in [5, 5.41) is 3.47. The van der Waals surface area contributed by atoms with Crippen LogP contribution in [0, 0.1) is 6.92 Å². The van der Waals surface area contributed by atoms with Crippen molar-refractivity contribution in [2.24, 2.45) is 11.5 Å². The van der Waals surface area contributed by atoms with Crippen molar-refractivity contribution >= 4 is 17.4 Å². The molecule has 1 aliphatic carbocycles. The largest absolute Gasteiger partial charge is 0.364 e. The molecule has 27 heavy (non-hydrogen) atoms. The minimum absolute atomic E-state index is 0.208. The van der Waals surface area contributed by atoms with Gasteiger partial charge in [0.2, 0.25) is 0 Å². The molecule has 0 radical (unpaired) electrons. The van der Waals surface area contributed by atoms with Crippen LogP contribution < -0.4 is 16.8 Å². The number of hydrogen-bond donors (Lipinski definition) is 3. The van der Waals surface area contributed by atoms with Gasteiger partial charge < -0.3 is 16.8 Å². The maximum Gasteiger partial charge on any atom is 0.267 e. The minimum atomic E-state index is -0.536. The van der Waals surface area contributed by atoms with Crippen LogP contribution in [0.2, 0.25) is 0 Å². The van der Waals surface area contributed by atoms with Gasteiger partial charge in [-0.15, -0.1) is 0 Å². The number of primary amides is 1. The quantitative estimate of drug-likeness (QED) is 0.658. The van der Waals surface area contributed by atoms with Crippen LogP contribution in [0.5, 0.6) is 0 Å². The molecule has 7 heteroatoms. The van der Waals surface area contributed by atoms with E-state index >= 15 is 0 Å². The van der Waals surface area contributed by atoms with E-state index in [1.807, 2.05) is 37.4 Å². The van der Waals surface area contributed by atoms with Crippen LogP contribution in [0.25, 0.3) is 16.9 Å². The van der Waals surface area contributed by atoms with Crippen molar-refractivity contribution in [1.29, 1.82) is 0 Å². The molecular formula is C20H24N6O. The van der Waals surface area contributed by atoms with E-state index in [0.717, 1.165) is 36.9 Å². The van der Waals surface area contributed by atoms with Gasteiger partial charge in [-0.05, 0) is 32.6 Å². The van der Waals surface area contributed by atoms with E-state index in [1.54, 1.807) is 4.40 Å². The van der Waals surface area contributed by atoms with Crippen LogP contribution in [0.4, 0.5) is 5.82 Å². The lowest BCUT2D eigenvalue weighted by Crippen LogP contribution is -2.35. The monoisotopic (exact) mass is 364 g/mol. The second kappa shape index (κ2) is 7.00. The molecule has 1 aliphatic rings. The lowest BCUT2D eigenvalue weighted by molar-refractivity contribution is 0.0994. The zero-order valence-electron chi connectivity index (χ0n) is 15.4. The van der Waals surface area contributed by atoms with Crippen LogP contribution in [0.3, 0.4) is 0 Å². The summed E-state index contributed by atoms with van der Waals surface area (Å²) < 4.78 is 1.72. The molecule has 2 heterocycles. The van der Waals surface area contributed by atoms with Gasteiger partial charge in [-0.25, -0.2) is 9.97 Å². The van der Waals surface area contributed by atoms with Gasteiger partial charge in [-0.2, -0.15) is 0 Å². The summed E-state index contributed by atoms with van der Waals surface area (Å²) >= 11 is 0. The van der Waals surface area contributed by atoms with E-state index in [0.29, 0.717) is 17.2 Å². The normalized spacial score (nSPS) is 19.9. The zero-order valence-corrected chi connectivity index (χ0v) is 15.4. The first-order valence-corrected chi connectivity index (χ1v) is 9.28. The van der Waals surface area contributed by atoms with Gasteiger partial charge in [-0.3, -0.25) is 9.20 Å². The Morgan fingerprint density at radius 1 is 1.26 bits per heavy atom. The van der Waals surface area contributed by atoms with Gasteiger partial charge in [0.15, 0.2) is 11.5 Å². The Hall–Kier alpha value is -2.93. The third-order valence-electron chi connectivity index (χ3n) is 5.15. The molecule has 2 atom stereocenters. The summed E-state index contributed by atoms with van der Waals surface area (Å²) in [5.74, 6) is 0.115. The fraction of sp³-hybridized carbons (Fsp3) is 0.350. The lowest BCUT2D eigenvalue weighted by Gasteiger charge is -2.27. The van der Waals surface area contributed by atoms with Crippen LogP contribution in [0.15, 0.2) is 36.7 Å². The Kier molecular flexibility index (Phi) is 4.53. The molecular weight excluding hydrogens is 340 g/mol. The number of nitrogens with zero attached hydrogens (tertiary/aromatic N) is 3. The van der Waals surface area contributed by atoms with Crippen molar-refractivity contribution in [2.75, 3.05) is 5.32 Å². The number of imidazole rings is 1. The van der Waals surface area contributed by atoms with E-state index < -0.39 is 5.91 Å². The Morgan fingerprint density at radius 2 is 2.04 bits per heavy atom. The summed E-state index contributed by atoms with van der Waals surface area (Å²) in [4.78, 5) is 21.0. The summed E-state index contributed by atoms with van der Waals surface area (Å²) in [6.45, 7) is 2.04. The fourth-order valence-corrected chi connectivity index (χ4v) is 3.68. The average molecular weight is 364 g/mol. The average Bonchev–Trinajstić information content (AvgIpc) is 3.08. The lowest BCUT2D eigenvalue weighted by atomic mass is 9.92. The van der Waals surface area contributed by atoms with Crippen LogP contribution >= 0.6 is 0 Å². The zero-order chi connectivity index (χ0) is 19.0. The van der Waals surface area contributed by atoms with E-state index in [1.165, 1.54) is 11.8 Å². The van der Waals surface area contributed by atoms with E-state index in [9.17, 15) is 4.79 Å². The van der Waals surface area contributed by atoms with Crippen LogP contribution in [-0.4, -0.2) is 32.4 Å². The van der Waals surface area contributed by atoms with Crippen LogP contribution in [0.1, 0.15) is 41.7 Å². The summed E-state index contributed by atoms with van der Waals surface area (Å²) in [6.07, 6.45) is 7.43. The van der Waals surface area contributed by atoms with Gasteiger partial charge in [-0.1, -0.05) is 29.8 Å². The highest BCUT2D eigenvalue weighted by Gasteiger charge is 2.22. The Morgan fingerprint density at radius 3 is 2.74 bits per heavy atom. The third kappa shape index (κ3) is 3.50. The number of hydrogen-bond acceptors (Lipinski definition) is 5. The van der Waals surface area contributed by atoms with Crippen molar-refractivity contribution in [2.45, 2.75) is 44.7 Å². The van der Waals surface area contributed by atoms with Gasteiger partial charge in [0.25, 0.3) is 5.91 Å². The number of aromatic nitrogens is 3. The highest BCUT2D eigenvalue weighted by Crippen LogP contribution is 2.26. The van der Waals surface area contributed by atoms with Gasteiger partial charge >= 0.3 is 0 Å². The van der Waals surface area contributed by atoms with Crippen molar-refractivity contribution in [1.82, 2.24) is 14.4 Å². The molecule has 1 amide bonds. The van der Waals surface area contributed by atoms with Crippen molar-refractivity contribution in [3.05, 3.63) is 47.9 Å². The standard InChI is InChI=1S/C20H24N6O/c1-12-5-7-13(8-6-12)16-11-26-17(18(22)27)10-23-19(20(26)25-16)24-15-4-2-3-14(21)9-15/h5-8,10-11,14-15H,2-4,9,21H2,1H3,(H2,22,27)(H,23,24). The summed E-state index contributed by atoms with van der Waals surface area (Å²) in [6, 6.07) is 8.57. The number of benzene rings is 1. The maximum atomic E-state index is 11.8. The second-order valence-electron chi connectivity index (χ2n) is 7.31. The van der Waals surface area contributed by atoms with Crippen molar-refractivity contribution in [3.63, 3.8) is 0 Å². The number of amides is 1. The number of carbonyl (C=O) groups is 1. The number of nitrogens with one attached hydrogen (secondary N) is 1. The summed E-state index contributed by atoms with van der Waals surface area (Å²) in [7, 11) is 0. The molecule has 2 aromatic heterocycles. The molecule has 140 valence electrons. The highest BCUT2D eigenvalue weighted by molar-refractivity contribution is 5.92. The molecule has 1 aromatic carbocycles. The van der Waals surface area contributed by atoms with Gasteiger partial charge in [0.05, 0.1) is 11.9 Å². The molecule has 1 saturated carbocycles. The number of aryl methyl sites for hydroxylation is 1. The molecule has 7 nitrogen and oxygen atoms in total. The minimum Gasteiger partial charge on any atom is -0.364 e. The third-order valence-corrected chi connectivity index (χ3v) is 5.15. The van der Waals surface area contributed by atoms with E-state index in [4.69, 9.17) is 16.5 Å². The van der Waals surface area contributed by atoms with E-state index in [-0.39, 0.29) is 12.1 Å². The number of anilines is 1. The fourth-order valence-electron chi connectivity index (χ4n) is 3.68. The first-order valence-electron chi connectivity index (χ1n) is 9.28. The SMILES string of the molecule is Cc1ccc(-c2cn3c(C(N)=O)cnc(NC4CCCC(N)C4)c3n2)cc1. The summed E-state index contributed by atoms with van der Waals surface area (Å²) in [5.41, 5.74) is 15.5. The molecule has 5 N–H and O–H groups in total. The molecule has 1 fully saturated rings. The Balaban J connectivity index is 1.76. The highest BCUT2D eigenvalue weighted by atomic mass is 16.1. The molecule has 0 saturated heterocycles. The number of carbonyl (C=O) groups excluding carboxylic acids is 1. The van der Waals surface area contributed by atoms with Crippen molar-refractivity contribution < 1.29 is 4.79 Å². The van der Waals surface area contributed by atoms with Gasteiger partial charge in [0, 0.05) is 23.8 Å². The number of fused-ring (bicyclic) bond motifs is 1.